The lowest BCUT2D eigenvalue weighted by molar-refractivity contribution is 0.0734. The molecule has 4 rings (SSSR count). The Kier molecular flexibility index (Phi) is 8.14. The zero-order valence-corrected chi connectivity index (χ0v) is 20.4. The number of ether oxygens (including phenoxy) is 2. The van der Waals surface area contributed by atoms with Gasteiger partial charge in [0.2, 0.25) is 0 Å². The summed E-state index contributed by atoms with van der Waals surface area (Å²) in [6.45, 7) is 4.05. The number of halogens is 3. The normalized spacial score (nSPS) is 17.8. The van der Waals surface area contributed by atoms with E-state index in [0.29, 0.717) is 23.7 Å². The van der Waals surface area contributed by atoms with E-state index in [2.05, 4.69) is 6.08 Å². The first-order chi connectivity index (χ1) is 17.4. The minimum absolute atomic E-state index is 0.0136. The number of carbonyl (C=O) groups excluding carboxylic acids is 1. The molecule has 6 heteroatoms. The molecule has 0 N–H and O–H groups in total. The maximum atomic E-state index is 15.0. The molecule has 36 heavy (non-hydrogen) atoms. The van der Waals surface area contributed by atoms with E-state index < -0.39 is 23.4 Å². The number of carbonyl (C=O) groups is 1. The van der Waals surface area contributed by atoms with Gasteiger partial charge in [-0.1, -0.05) is 36.4 Å². The molecule has 1 aliphatic rings. The van der Waals surface area contributed by atoms with Crippen LogP contribution in [0.25, 0.3) is 11.1 Å². The Balaban J connectivity index is 1.46. The van der Waals surface area contributed by atoms with Crippen molar-refractivity contribution in [1.82, 2.24) is 0 Å². The summed E-state index contributed by atoms with van der Waals surface area (Å²) < 4.78 is 54.5. The SMILES string of the molecule is C/C=C/C1CCC(c2ccc(-c3ccc(C(=O)Oc4ccc(OCC)c(F)c4)cc3)c(F)c2F)CC1. The molecule has 188 valence electrons. The summed E-state index contributed by atoms with van der Waals surface area (Å²) in [6, 6.07) is 13.2. The van der Waals surface area contributed by atoms with E-state index >= 15 is 8.78 Å². The van der Waals surface area contributed by atoms with Gasteiger partial charge in [0.05, 0.1) is 12.2 Å². The third kappa shape index (κ3) is 5.64. The van der Waals surface area contributed by atoms with Crippen LogP contribution in [0.1, 0.15) is 61.4 Å². The summed E-state index contributed by atoms with van der Waals surface area (Å²) in [7, 11) is 0. The number of hydrogen-bond acceptors (Lipinski definition) is 3. The summed E-state index contributed by atoms with van der Waals surface area (Å²) in [5.74, 6) is -2.38. The third-order valence-corrected chi connectivity index (χ3v) is 6.63. The number of esters is 1. The zero-order chi connectivity index (χ0) is 25.7. The molecule has 3 nitrogen and oxygen atoms in total. The topological polar surface area (TPSA) is 35.5 Å². The summed E-state index contributed by atoms with van der Waals surface area (Å²) in [5.41, 5.74) is 1.20. The second-order valence-corrected chi connectivity index (χ2v) is 8.96. The molecule has 0 amide bonds. The maximum absolute atomic E-state index is 15.0. The molecule has 0 atom stereocenters. The Morgan fingerprint density at radius 1 is 0.944 bits per heavy atom. The lowest BCUT2D eigenvalue weighted by Gasteiger charge is -2.27. The van der Waals surface area contributed by atoms with Crippen LogP contribution in [0.2, 0.25) is 0 Å². The zero-order valence-electron chi connectivity index (χ0n) is 20.4. The monoisotopic (exact) mass is 494 g/mol. The minimum Gasteiger partial charge on any atom is -0.491 e. The fraction of sp³-hybridized carbons (Fsp3) is 0.300. The first-order valence-corrected chi connectivity index (χ1v) is 12.3. The minimum atomic E-state index is -0.886. The molecule has 0 unspecified atom stereocenters. The van der Waals surface area contributed by atoms with Gasteiger partial charge in [-0.05, 0) is 86.8 Å². The van der Waals surface area contributed by atoms with Gasteiger partial charge in [-0.3, -0.25) is 0 Å². The van der Waals surface area contributed by atoms with Crippen molar-refractivity contribution in [3.63, 3.8) is 0 Å². The Bertz CT molecular complexity index is 1240. The van der Waals surface area contributed by atoms with Crippen LogP contribution >= 0.6 is 0 Å². The lowest BCUT2D eigenvalue weighted by Crippen LogP contribution is -2.13. The number of benzene rings is 3. The van der Waals surface area contributed by atoms with Crippen molar-refractivity contribution >= 4 is 5.97 Å². The van der Waals surface area contributed by atoms with Crippen molar-refractivity contribution in [3.05, 3.63) is 95.3 Å². The van der Waals surface area contributed by atoms with Crippen molar-refractivity contribution in [3.8, 4) is 22.6 Å². The molecule has 3 aromatic rings. The van der Waals surface area contributed by atoms with Gasteiger partial charge in [-0.2, -0.15) is 0 Å². The van der Waals surface area contributed by atoms with Crippen LogP contribution in [0, 0.1) is 23.4 Å². The fourth-order valence-corrected chi connectivity index (χ4v) is 4.77. The van der Waals surface area contributed by atoms with Gasteiger partial charge in [-0.15, -0.1) is 0 Å². The highest BCUT2D eigenvalue weighted by molar-refractivity contribution is 5.91. The molecule has 0 spiro atoms. The number of hydrogen-bond donors (Lipinski definition) is 0. The quantitative estimate of drug-likeness (QED) is 0.188. The largest absolute Gasteiger partial charge is 0.491 e. The summed E-state index contributed by atoms with van der Waals surface area (Å²) in [5, 5.41) is 0. The van der Waals surface area contributed by atoms with Gasteiger partial charge >= 0.3 is 5.97 Å². The molecular formula is C30H29F3O3. The Morgan fingerprint density at radius 3 is 2.31 bits per heavy atom. The van der Waals surface area contributed by atoms with Crippen LogP contribution in [0.4, 0.5) is 13.2 Å². The molecule has 0 radical (unpaired) electrons. The highest BCUT2D eigenvalue weighted by Crippen LogP contribution is 2.39. The molecule has 3 aromatic carbocycles. The third-order valence-electron chi connectivity index (χ3n) is 6.63. The molecule has 0 aliphatic heterocycles. The second-order valence-electron chi connectivity index (χ2n) is 8.96. The van der Waals surface area contributed by atoms with Gasteiger partial charge < -0.3 is 9.47 Å². The molecule has 0 bridgehead atoms. The second kappa shape index (κ2) is 11.5. The average Bonchev–Trinajstić information content (AvgIpc) is 2.88. The van der Waals surface area contributed by atoms with Crippen molar-refractivity contribution in [2.45, 2.75) is 45.4 Å². The van der Waals surface area contributed by atoms with Crippen LogP contribution in [0.3, 0.4) is 0 Å². The van der Waals surface area contributed by atoms with E-state index in [1.165, 1.54) is 36.4 Å². The van der Waals surface area contributed by atoms with E-state index in [9.17, 15) is 9.18 Å². The molecule has 0 aromatic heterocycles. The molecule has 1 aliphatic carbocycles. The van der Waals surface area contributed by atoms with Gasteiger partial charge in [0, 0.05) is 11.6 Å². The van der Waals surface area contributed by atoms with Gasteiger partial charge in [-0.25, -0.2) is 18.0 Å². The van der Waals surface area contributed by atoms with E-state index in [4.69, 9.17) is 9.47 Å². The van der Waals surface area contributed by atoms with Gasteiger partial charge in [0.15, 0.2) is 23.2 Å². The molecular weight excluding hydrogens is 465 g/mol. The standard InChI is InChI=1S/C30H29F3O3/c1-3-5-19-6-8-20(9-7-19)24-15-16-25(29(33)28(24)32)21-10-12-22(13-11-21)30(34)36-23-14-17-27(35-4-2)26(31)18-23/h3,5,10-20H,4,6-9H2,1-2H3/b5-3+. The van der Waals surface area contributed by atoms with Gasteiger partial charge in [0.1, 0.15) is 5.75 Å². The Labute approximate surface area is 209 Å². The van der Waals surface area contributed by atoms with Crippen LogP contribution < -0.4 is 9.47 Å². The van der Waals surface area contributed by atoms with Crippen LogP contribution in [-0.2, 0) is 0 Å². The van der Waals surface area contributed by atoms with Crippen molar-refractivity contribution < 1.29 is 27.4 Å². The molecule has 0 heterocycles. The summed E-state index contributed by atoms with van der Waals surface area (Å²) in [4.78, 5) is 12.5. The highest BCUT2D eigenvalue weighted by Gasteiger charge is 2.25. The Morgan fingerprint density at radius 2 is 1.67 bits per heavy atom. The van der Waals surface area contributed by atoms with E-state index in [0.717, 1.165) is 31.7 Å². The van der Waals surface area contributed by atoms with E-state index in [-0.39, 0.29) is 28.5 Å². The summed E-state index contributed by atoms with van der Waals surface area (Å²) in [6.07, 6.45) is 7.84. The van der Waals surface area contributed by atoms with Crippen LogP contribution in [0.5, 0.6) is 11.5 Å². The lowest BCUT2D eigenvalue weighted by atomic mass is 9.78. The highest BCUT2D eigenvalue weighted by atomic mass is 19.2. The predicted molar refractivity (Wildman–Crippen MR) is 134 cm³/mol. The van der Waals surface area contributed by atoms with Crippen LogP contribution in [-0.4, -0.2) is 12.6 Å². The van der Waals surface area contributed by atoms with Crippen LogP contribution in [0.15, 0.2) is 66.7 Å². The summed E-state index contributed by atoms with van der Waals surface area (Å²) >= 11 is 0. The molecule has 1 fully saturated rings. The maximum Gasteiger partial charge on any atom is 0.343 e. The van der Waals surface area contributed by atoms with E-state index in [1.54, 1.807) is 19.1 Å². The molecule has 1 saturated carbocycles. The number of rotatable bonds is 7. The molecule has 0 saturated heterocycles. The van der Waals surface area contributed by atoms with Crippen molar-refractivity contribution in [2.75, 3.05) is 6.61 Å². The van der Waals surface area contributed by atoms with Crippen molar-refractivity contribution in [2.24, 2.45) is 5.92 Å². The first kappa shape index (κ1) is 25.5. The predicted octanol–water partition coefficient (Wildman–Crippen LogP) is 8.24. The number of allylic oxidation sites excluding steroid dienone is 2. The average molecular weight is 495 g/mol. The van der Waals surface area contributed by atoms with Crippen molar-refractivity contribution in [1.29, 1.82) is 0 Å². The first-order valence-electron chi connectivity index (χ1n) is 12.3. The van der Waals surface area contributed by atoms with Gasteiger partial charge in [0.25, 0.3) is 0 Å². The van der Waals surface area contributed by atoms with E-state index in [1.807, 2.05) is 13.0 Å². The smallest absolute Gasteiger partial charge is 0.343 e. The Hall–Kier alpha value is -3.54. The fourth-order valence-electron chi connectivity index (χ4n) is 4.77.